The maximum absolute atomic E-state index is 12.5. The molecule has 0 amide bonds. The maximum atomic E-state index is 12.5. The number of nitrogens with two attached hydrogens (primary N) is 1. The van der Waals surface area contributed by atoms with Gasteiger partial charge in [0.1, 0.15) is 0 Å². The predicted molar refractivity (Wildman–Crippen MR) is 51.6 cm³/mol. The lowest BCUT2D eigenvalue weighted by Gasteiger charge is -2.22. The molecular weight excluding hydrogens is 225 g/mol. The summed E-state index contributed by atoms with van der Waals surface area (Å²) in [5, 5.41) is 0.606. The number of hydrogen-bond donors (Lipinski definition) is 1. The number of nitrogens with zero attached hydrogens (tertiary/aromatic N) is 1. The molecule has 0 radical (unpaired) electrons. The third-order valence-electron chi connectivity index (χ3n) is 2.62. The Morgan fingerprint density at radius 1 is 1.40 bits per heavy atom. The summed E-state index contributed by atoms with van der Waals surface area (Å²) in [7, 11) is 0. The number of hydrogen-bond acceptors (Lipinski definition) is 3. The van der Waals surface area contributed by atoms with Crippen LogP contribution in [-0.4, -0.2) is 4.98 Å². The van der Waals surface area contributed by atoms with E-state index in [0.29, 0.717) is 5.01 Å². The molecule has 0 bridgehead atoms. The Balaban J connectivity index is 2.32. The largest absolute Gasteiger partial charge is 0.434 e. The monoisotopic (exact) mass is 236 g/mol. The van der Waals surface area contributed by atoms with Crippen molar-refractivity contribution in [1.82, 2.24) is 4.98 Å². The van der Waals surface area contributed by atoms with Crippen LogP contribution >= 0.6 is 11.3 Å². The van der Waals surface area contributed by atoms with Crippen molar-refractivity contribution in [1.29, 1.82) is 0 Å². The van der Waals surface area contributed by atoms with E-state index in [9.17, 15) is 13.2 Å². The maximum Gasteiger partial charge on any atom is 0.434 e. The van der Waals surface area contributed by atoms with Crippen LogP contribution < -0.4 is 5.73 Å². The van der Waals surface area contributed by atoms with Gasteiger partial charge in [-0.15, -0.1) is 11.3 Å². The molecule has 2 nitrogen and oxygen atoms in total. The minimum absolute atomic E-state index is 0.0841. The zero-order valence-corrected chi connectivity index (χ0v) is 8.79. The van der Waals surface area contributed by atoms with Gasteiger partial charge in [-0.05, 0) is 12.8 Å². The van der Waals surface area contributed by atoms with Gasteiger partial charge >= 0.3 is 6.18 Å². The van der Waals surface area contributed by atoms with Gasteiger partial charge in [-0.3, -0.25) is 0 Å². The Morgan fingerprint density at radius 3 is 2.40 bits per heavy atom. The molecule has 6 heteroatoms. The van der Waals surface area contributed by atoms with Crippen molar-refractivity contribution >= 4 is 11.3 Å². The van der Waals surface area contributed by atoms with E-state index >= 15 is 0 Å². The third-order valence-corrected chi connectivity index (χ3v) is 3.86. The molecule has 1 saturated carbocycles. The van der Waals surface area contributed by atoms with E-state index in [-0.39, 0.29) is 17.3 Å². The fourth-order valence-corrected chi connectivity index (χ4v) is 2.69. The van der Waals surface area contributed by atoms with E-state index in [4.69, 9.17) is 5.73 Å². The van der Waals surface area contributed by atoms with Gasteiger partial charge < -0.3 is 5.73 Å². The molecular formula is C9H11F3N2S. The molecule has 0 unspecified atom stereocenters. The molecule has 1 aromatic rings. The molecule has 15 heavy (non-hydrogen) atoms. The van der Waals surface area contributed by atoms with Gasteiger partial charge in [0.05, 0.1) is 9.88 Å². The lowest BCUT2D eigenvalue weighted by atomic mass is 9.86. The van der Waals surface area contributed by atoms with E-state index in [1.807, 2.05) is 0 Å². The van der Waals surface area contributed by atoms with Gasteiger partial charge in [0.2, 0.25) is 0 Å². The van der Waals surface area contributed by atoms with E-state index < -0.39 is 11.9 Å². The van der Waals surface area contributed by atoms with Crippen molar-refractivity contribution in [3.8, 4) is 0 Å². The van der Waals surface area contributed by atoms with Crippen molar-refractivity contribution in [3.63, 3.8) is 0 Å². The SMILES string of the molecule is NCc1sc(C2CCC2)nc1C(F)(F)F. The standard InChI is InChI=1S/C9H11F3N2S/c10-9(11,12)7-6(4-13)15-8(14-7)5-2-1-3-5/h5H,1-4,13H2. The fraction of sp³-hybridized carbons (Fsp3) is 0.667. The molecule has 84 valence electrons. The smallest absolute Gasteiger partial charge is 0.326 e. The first-order valence-corrected chi connectivity index (χ1v) is 5.61. The second-order valence-corrected chi connectivity index (χ2v) is 4.77. The average Bonchev–Trinajstić information content (AvgIpc) is 2.44. The Labute approximate surface area is 89.3 Å². The molecule has 0 spiro atoms. The van der Waals surface area contributed by atoms with Crippen molar-refractivity contribution in [2.24, 2.45) is 5.73 Å². The van der Waals surface area contributed by atoms with Gasteiger partial charge in [0.25, 0.3) is 0 Å². The molecule has 1 aliphatic rings. The van der Waals surface area contributed by atoms with E-state index in [1.54, 1.807) is 0 Å². The number of aromatic nitrogens is 1. The molecule has 1 heterocycles. The van der Waals surface area contributed by atoms with Crippen molar-refractivity contribution in [2.75, 3.05) is 0 Å². The summed E-state index contributed by atoms with van der Waals surface area (Å²) in [6.07, 6.45) is -1.37. The first-order chi connectivity index (χ1) is 7.02. The minimum atomic E-state index is -4.37. The summed E-state index contributed by atoms with van der Waals surface area (Å²) < 4.78 is 37.6. The second-order valence-electron chi connectivity index (χ2n) is 3.65. The molecule has 1 fully saturated rings. The highest BCUT2D eigenvalue weighted by molar-refractivity contribution is 7.11. The minimum Gasteiger partial charge on any atom is -0.326 e. The summed E-state index contributed by atoms with van der Waals surface area (Å²) in [5.74, 6) is 0.233. The van der Waals surface area contributed by atoms with Crippen molar-refractivity contribution in [3.05, 3.63) is 15.6 Å². The Bertz CT molecular complexity index is 355. The highest BCUT2D eigenvalue weighted by Gasteiger charge is 2.38. The summed E-state index contributed by atoms with van der Waals surface area (Å²) in [6, 6.07) is 0. The predicted octanol–water partition coefficient (Wildman–Crippen LogP) is 2.89. The Morgan fingerprint density at radius 2 is 2.07 bits per heavy atom. The van der Waals surface area contributed by atoms with Gasteiger partial charge in [-0.1, -0.05) is 6.42 Å². The normalized spacial score (nSPS) is 17.9. The lowest BCUT2D eigenvalue weighted by molar-refractivity contribution is -0.141. The van der Waals surface area contributed by atoms with Crippen LogP contribution in [0.4, 0.5) is 13.2 Å². The second kappa shape index (κ2) is 3.75. The Hall–Kier alpha value is -0.620. The van der Waals surface area contributed by atoms with Crippen molar-refractivity contribution < 1.29 is 13.2 Å². The molecule has 1 aliphatic carbocycles. The molecule has 2 N–H and O–H groups in total. The number of rotatable bonds is 2. The van der Waals surface area contributed by atoms with E-state index in [1.165, 1.54) is 0 Å². The number of thiazole rings is 1. The highest BCUT2D eigenvalue weighted by atomic mass is 32.1. The van der Waals surface area contributed by atoms with Gasteiger partial charge in [0, 0.05) is 12.5 Å². The summed E-state index contributed by atoms with van der Waals surface area (Å²) in [6.45, 7) is -0.0841. The van der Waals surface area contributed by atoms with Crippen LogP contribution in [0.1, 0.15) is 40.8 Å². The lowest BCUT2D eigenvalue weighted by Crippen LogP contribution is -2.12. The van der Waals surface area contributed by atoms with Gasteiger partial charge in [-0.2, -0.15) is 13.2 Å². The topological polar surface area (TPSA) is 38.9 Å². The van der Waals surface area contributed by atoms with Crippen LogP contribution in [-0.2, 0) is 12.7 Å². The molecule has 0 saturated heterocycles. The van der Waals surface area contributed by atoms with Crippen LogP contribution in [0.5, 0.6) is 0 Å². The number of halogens is 3. The van der Waals surface area contributed by atoms with Gasteiger partial charge in [0.15, 0.2) is 5.69 Å². The zero-order chi connectivity index (χ0) is 11.1. The summed E-state index contributed by atoms with van der Waals surface area (Å²) in [5.41, 5.74) is 4.51. The van der Waals surface area contributed by atoms with Crippen LogP contribution in [0, 0.1) is 0 Å². The fourth-order valence-electron chi connectivity index (χ4n) is 1.56. The first-order valence-electron chi connectivity index (χ1n) is 4.79. The third kappa shape index (κ3) is 2.01. The molecule has 0 atom stereocenters. The van der Waals surface area contributed by atoms with Crippen LogP contribution in [0.2, 0.25) is 0 Å². The summed E-state index contributed by atoms with van der Waals surface area (Å²) in [4.78, 5) is 3.84. The van der Waals surface area contributed by atoms with Crippen LogP contribution in [0.15, 0.2) is 0 Å². The number of alkyl halides is 3. The zero-order valence-electron chi connectivity index (χ0n) is 7.97. The molecule has 2 rings (SSSR count). The molecule has 1 aromatic heterocycles. The van der Waals surface area contributed by atoms with E-state index in [2.05, 4.69) is 4.98 Å². The van der Waals surface area contributed by atoms with E-state index in [0.717, 1.165) is 30.6 Å². The Kier molecular flexibility index (Phi) is 2.72. The van der Waals surface area contributed by atoms with Gasteiger partial charge in [-0.25, -0.2) is 4.98 Å². The molecule has 0 aliphatic heterocycles. The van der Waals surface area contributed by atoms with Crippen molar-refractivity contribution in [2.45, 2.75) is 37.9 Å². The first kappa shape index (κ1) is 10.9. The highest BCUT2D eigenvalue weighted by Crippen LogP contribution is 2.42. The van der Waals surface area contributed by atoms with Crippen LogP contribution in [0.25, 0.3) is 0 Å². The molecule has 0 aromatic carbocycles. The summed E-state index contributed by atoms with van der Waals surface area (Å²) >= 11 is 1.11. The average molecular weight is 236 g/mol. The van der Waals surface area contributed by atoms with Crippen LogP contribution in [0.3, 0.4) is 0 Å². The quantitative estimate of drug-likeness (QED) is 0.857.